The summed E-state index contributed by atoms with van der Waals surface area (Å²) in [7, 11) is 0. The van der Waals surface area contributed by atoms with Gasteiger partial charge in [0.05, 0.1) is 13.2 Å². The molecule has 0 saturated carbocycles. The third-order valence-corrected chi connectivity index (χ3v) is 4.06. The van der Waals surface area contributed by atoms with E-state index in [1.54, 1.807) is 0 Å². The highest BCUT2D eigenvalue weighted by Crippen LogP contribution is 2.30. The van der Waals surface area contributed by atoms with Crippen LogP contribution in [0.4, 0.5) is 0 Å². The molecule has 0 bridgehead atoms. The molecule has 0 aliphatic carbocycles. The van der Waals surface area contributed by atoms with Gasteiger partial charge in [0, 0.05) is 6.04 Å². The monoisotopic (exact) mass is 290 g/mol. The van der Waals surface area contributed by atoms with Gasteiger partial charge in [-0.2, -0.15) is 0 Å². The maximum absolute atomic E-state index is 12.3. The summed E-state index contributed by atoms with van der Waals surface area (Å²) >= 11 is 0. The fraction of sp³-hybridized carbons (Fsp3) is 0.588. The van der Waals surface area contributed by atoms with Crippen LogP contribution in [-0.4, -0.2) is 30.0 Å². The number of ether oxygens (including phenoxy) is 1. The van der Waals surface area contributed by atoms with E-state index in [1.807, 2.05) is 36.1 Å². The Morgan fingerprint density at radius 3 is 2.48 bits per heavy atom. The van der Waals surface area contributed by atoms with E-state index in [-0.39, 0.29) is 18.1 Å². The number of carbonyl (C=O) groups is 1. The Bertz CT molecular complexity index is 470. The quantitative estimate of drug-likeness (QED) is 0.876. The summed E-state index contributed by atoms with van der Waals surface area (Å²) in [5, 5.41) is 3.33. The topological polar surface area (TPSA) is 41.6 Å². The molecule has 1 aliphatic rings. The molecule has 1 heterocycles. The van der Waals surface area contributed by atoms with E-state index in [4.69, 9.17) is 4.74 Å². The van der Waals surface area contributed by atoms with Crippen LogP contribution in [0.2, 0.25) is 0 Å². The molecule has 1 amide bonds. The van der Waals surface area contributed by atoms with Gasteiger partial charge in [-0.25, -0.2) is 0 Å². The van der Waals surface area contributed by atoms with E-state index in [9.17, 15) is 4.79 Å². The summed E-state index contributed by atoms with van der Waals surface area (Å²) in [6.07, 6.45) is 0.944. The van der Waals surface area contributed by atoms with Gasteiger partial charge in [-0.3, -0.25) is 10.1 Å². The van der Waals surface area contributed by atoms with Gasteiger partial charge in [0.2, 0.25) is 5.91 Å². The van der Waals surface area contributed by atoms with Crippen molar-refractivity contribution in [3.63, 3.8) is 0 Å². The van der Waals surface area contributed by atoms with Crippen LogP contribution in [-0.2, 0) is 4.79 Å². The van der Waals surface area contributed by atoms with Gasteiger partial charge >= 0.3 is 0 Å². The molecule has 0 aromatic heterocycles. The van der Waals surface area contributed by atoms with Crippen molar-refractivity contribution in [2.45, 2.75) is 46.3 Å². The highest BCUT2D eigenvalue weighted by atomic mass is 16.5. The Morgan fingerprint density at radius 2 is 1.95 bits per heavy atom. The average molecular weight is 290 g/mol. The standard InChI is InChI=1S/C17H26N2O2/c1-5-15(12(3)4)19-16(20)11-18-17(19)13-7-9-14(10-8-13)21-6-2/h7-10,12,15,17-18H,5-6,11H2,1-4H3. The molecule has 1 aliphatic heterocycles. The second-order valence-corrected chi connectivity index (χ2v) is 5.81. The minimum atomic E-state index is -0.0273. The first-order valence-electron chi connectivity index (χ1n) is 7.85. The third kappa shape index (κ3) is 3.38. The fourth-order valence-corrected chi connectivity index (χ4v) is 3.07. The predicted molar refractivity (Wildman–Crippen MR) is 84.1 cm³/mol. The van der Waals surface area contributed by atoms with E-state index >= 15 is 0 Å². The summed E-state index contributed by atoms with van der Waals surface area (Å²) in [5.41, 5.74) is 1.11. The Labute approximate surface area is 127 Å². The third-order valence-electron chi connectivity index (χ3n) is 4.06. The summed E-state index contributed by atoms with van der Waals surface area (Å²) in [6.45, 7) is 9.55. The molecule has 21 heavy (non-hydrogen) atoms. The van der Waals surface area contributed by atoms with Crippen LogP contribution in [0.15, 0.2) is 24.3 Å². The number of benzene rings is 1. The van der Waals surface area contributed by atoms with Crippen molar-refractivity contribution < 1.29 is 9.53 Å². The number of hydrogen-bond acceptors (Lipinski definition) is 3. The second-order valence-electron chi connectivity index (χ2n) is 5.81. The first-order chi connectivity index (χ1) is 10.1. The molecule has 1 saturated heterocycles. The second kappa shape index (κ2) is 6.94. The molecule has 2 unspecified atom stereocenters. The van der Waals surface area contributed by atoms with Crippen LogP contribution < -0.4 is 10.1 Å². The van der Waals surface area contributed by atoms with E-state index in [2.05, 4.69) is 26.1 Å². The van der Waals surface area contributed by atoms with E-state index in [1.165, 1.54) is 0 Å². The van der Waals surface area contributed by atoms with Gasteiger partial charge in [0.1, 0.15) is 11.9 Å². The first-order valence-corrected chi connectivity index (χ1v) is 7.85. The molecule has 1 N–H and O–H groups in total. The Balaban J connectivity index is 2.22. The van der Waals surface area contributed by atoms with Crippen molar-refractivity contribution in [2.24, 2.45) is 5.92 Å². The normalized spacial score (nSPS) is 20.1. The Kier molecular flexibility index (Phi) is 5.23. The molecule has 0 radical (unpaired) electrons. The molecular formula is C17H26N2O2. The summed E-state index contributed by atoms with van der Waals surface area (Å²) in [5.74, 6) is 1.51. The minimum Gasteiger partial charge on any atom is -0.494 e. The van der Waals surface area contributed by atoms with Gasteiger partial charge in [0.15, 0.2) is 0 Å². The molecule has 0 spiro atoms. The van der Waals surface area contributed by atoms with Crippen LogP contribution >= 0.6 is 0 Å². The number of amides is 1. The van der Waals surface area contributed by atoms with Gasteiger partial charge in [-0.1, -0.05) is 32.9 Å². The maximum atomic E-state index is 12.3. The van der Waals surface area contributed by atoms with E-state index in [0.29, 0.717) is 19.1 Å². The number of nitrogens with one attached hydrogen (secondary N) is 1. The first kappa shape index (κ1) is 15.8. The number of rotatable bonds is 6. The molecule has 2 rings (SSSR count). The van der Waals surface area contributed by atoms with E-state index in [0.717, 1.165) is 17.7 Å². The highest BCUT2D eigenvalue weighted by molar-refractivity contribution is 5.81. The van der Waals surface area contributed by atoms with Gasteiger partial charge in [-0.05, 0) is 37.0 Å². The maximum Gasteiger partial charge on any atom is 0.238 e. The number of carbonyl (C=O) groups excluding carboxylic acids is 1. The van der Waals surface area contributed by atoms with Crippen molar-refractivity contribution in [1.82, 2.24) is 10.2 Å². The van der Waals surface area contributed by atoms with Crippen LogP contribution in [0, 0.1) is 5.92 Å². The molecule has 116 valence electrons. The highest BCUT2D eigenvalue weighted by Gasteiger charge is 2.37. The molecular weight excluding hydrogens is 264 g/mol. The lowest BCUT2D eigenvalue weighted by molar-refractivity contribution is -0.131. The van der Waals surface area contributed by atoms with Crippen molar-refractivity contribution in [1.29, 1.82) is 0 Å². The molecule has 4 nitrogen and oxygen atoms in total. The Hall–Kier alpha value is -1.55. The number of hydrogen-bond donors (Lipinski definition) is 1. The van der Waals surface area contributed by atoms with Crippen LogP contribution in [0.3, 0.4) is 0 Å². The molecule has 1 aromatic carbocycles. The van der Waals surface area contributed by atoms with Crippen LogP contribution in [0.1, 0.15) is 45.8 Å². The number of nitrogens with zero attached hydrogens (tertiary/aromatic N) is 1. The van der Waals surface area contributed by atoms with Gasteiger partial charge in [0.25, 0.3) is 0 Å². The van der Waals surface area contributed by atoms with Crippen molar-refractivity contribution in [2.75, 3.05) is 13.2 Å². The van der Waals surface area contributed by atoms with Crippen LogP contribution in [0.5, 0.6) is 5.75 Å². The zero-order valence-corrected chi connectivity index (χ0v) is 13.4. The lowest BCUT2D eigenvalue weighted by Gasteiger charge is -2.35. The zero-order chi connectivity index (χ0) is 15.4. The average Bonchev–Trinajstić information content (AvgIpc) is 2.83. The van der Waals surface area contributed by atoms with Crippen molar-refractivity contribution in [3.8, 4) is 5.75 Å². The minimum absolute atomic E-state index is 0.0273. The van der Waals surface area contributed by atoms with Crippen LogP contribution in [0.25, 0.3) is 0 Å². The van der Waals surface area contributed by atoms with E-state index < -0.39 is 0 Å². The SMILES string of the molecule is CCOc1ccc(C2NCC(=O)N2C(CC)C(C)C)cc1. The zero-order valence-electron chi connectivity index (χ0n) is 13.4. The lowest BCUT2D eigenvalue weighted by atomic mass is 9.98. The molecule has 2 atom stereocenters. The molecule has 1 fully saturated rings. The predicted octanol–water partition coefficient (Wildman–Crippen LogP) is 2.95. The lowest BCUT2D eigenvalue weighted by Crippen LogP contribution is -2.42. The smallest absolute Gasteiger partial charge is 0.238 e. The summed E-state index contributed by atoms with van der Waals surface area (Å²) in [6, 6.07) is 8.29. The molecule has 4 heteroatoms. The van der Waals surface area contributed by atoms with Crippen molar-refractivity contribution >= 4 is 5.91 Å². The summed E-state index contributed by atoms with van der Waals surface area (Å²) in [4.78, 5) is 14.3. The van der Waals surface area contributed by atoms with Gasteiger partial charge in [-0.15, -0.1) is 0 Å². The Morgan fingerprint density at radius 1 is 1.29 bits per heavy atom. The largest absolute Gasteiger partial charge is 0.494 e. The summed E-state index contributed by atoms with van der Waals surface area (Å²) < 4.78 is 5.48. The molecule has 1 aromatic rings. The fourth-order valence-electron chi connectivity index (χ4n) is 3.07. The van der Waals surface area contributed by atoms with Gasteiger partial charge < -0.3 is 9.64 Å². The van der Waals surface area contributed by atoms with Crippen molar-refractivity contribution in [3.05, 3.63) is 29.8 Å².